The van der Waals surface area contributed by atoms with E-state index in [0.29, 0.717) is 23.4 Å². The third-order valence-corrected chi connectivity index (χ3v) is 2.56. The average Bonchev–Trinajstić information content (AvgIpc) is 3.01. The molecule has 0 saturated carbocycles. The van der Waals surface area contributed by atoms with Crippen LogP contribution in [-0.4, -0.2) is 42.2 Å². The second kappa shape index (κ2) is 22.8. The molecule has 0 radical (unpaired) electrons. The number of carbonyl (C=O) groups excluding carboxylic acids is 3. The summed E-state index contributed by atoms with van der Waals surface area (Å²) >= 11 is 0. The van der Waals surface area contributed by atoms with E-state index < -0.39 is 0 Å². The van der Waals surface area contributed by atoms with Crippen molar-refractivity contribution >= 4 is 29.3 Å². The number of anilines is 1. The maximum absolute atomic E-state index is 11.0. The number of hydrogen-bond donors (Lipinski definition) is 1. The molecule has 2 N–H and O–H groups in total. The molecule has 0 aliphatic carbocycles. The standard InChI is InChI=1S/C8H7N3O.C4H5N3.C4H5O2.CH4.4W/c1-6(12)7-4-10-8-5-9-2-3-11(7)8;5-4-3-6-1-2-7-4;1-4(6)2-3-5;;;;;/h2-5H,1H3;1-3H,(H2,5,7);2-3H,1H3;1H4;;;;/q;;-1;;;;;. The number of nitrogens with zero attached hydrogens (tertiary/aromatic N) is 5. The van der Waals surface area contributed by atoms with Gasteiger partial charge < -0.3 is 15.3 Å². The summed E-state index contributed by atoms with van der Waals surface area (Å²) in [6, 6.07) is 0. The third-order valence-electron chi connectivity index (χ3n) is 2.56. The zero-order chi connectivity index (χ0) is 18.7. The van der Waals surface area contributed by atoms with Gasteiger partial charge >= 0.3 is 0 Å². The van der Waals surface area contributed by atoms with Crippen LogP contribution in [0, 0.1) is 6.42 Å². The molecule has 0 unspecified atom stereocenters. The predicted molar refractivity (Wildman–Crippen MR) is 97.2 cm³/mol. The number of hydrogen-bond acceptors (Lipinski definition) is 8. The maximum atomic E-state index is 11.0. The number of imidazole rings is 1. The summed E-state index contributed by atoms with van der Waals surface area (Å²) in [7, 11) is 0. The van der Waals surface area contributed by atoms with Gasteiger partial charge in [-0.15, -0.1) is 0 Å². The van der Waals surface area contributed by atoms with Crippen molar-refractivity contribution in [3.05, 3.63) is 55.5 Å². The van der Waals surface area contributed by atoms with Gasteiger partial charge in [-0.1, -0.05) is 7.43 Å². The molecule has 0 fully saturated rings. The summed E-state index contributed by atoms with van der Waals surface area (Å²) in [5.74, 6) is 0.265. The Morgan fingerprint density at radius 3 is 1.93 bits per heavy atom. The van der Waals surface area contributed by atoms with Gasteiger partial charge in [0.25, 0.3) is 0 Å². The molecule has 3 heterocycles. The van der Waals surface area contributed by atoms with E-state index in [-0.39, 0.29) is 103 Å². The summed E-state index contributed by atoms with van der Waals surface area (Å²) < 4.78 is 1.72. The Balaban J connectivity index is -0.000000103. The number of aldehydes is 1. The average molecular weight is 1090 g/mol. The predicted octanol–water partition coefficient (Wildman–Crippen LogP) is 1.60. The molecule has 3 aromatic rings. The second-order valence-electron chi connectivity index (χ2n) is 4.55. The molecule has 0 aliphatic heterocycles. The summed E-state index contributed by atoms with van der Waals surface area (Å²) in [5.41, 5.74) is 6.47. The zero-order valence-corrected chi connectivity index (χ0v) is 27.1. The fourth-order valence-electron chi connectivity index (χ4n) is 1.51. The molecule has 9 nitrogen and oxygen atoms in total. The summed E-state index contributed by atoms with van der Waals surface area (Å²) in [6.07, 6.45) is 12.6. The molecule has 0 atom stereocenters. The minimum Gasteiger partial charge on any atom is -0.382 e. The first-order valence-corrected chi connectivity index (χ1v) is 7.04. The van der Waals surface area contributed by atoms with E-state index in [2.05, 4.69) is 19.9 Å². The Labute approximate surface area is 232 Å². The number of fused-ring (bicyclic) bond motifs is 1. The monoisotopic (exact) mass is 1090 g/mol. The number of carbonyl (C=O) groups is 3. The van der Waals surface area contributed by atoms with Crippen LogP contribution in [0.15, 0.2) is 43.4 Å². The molecule has 3 rings (SSSR count). The molecule has 0 amide bonds. The van der Waals surface area contributed by atoms with Crippen molar-refractivity contribution in [2.75, 3.05) is 5.73 Å². The smallest absolute Gasteiger partial charge is 0.178 e. The largest absolute Gasteiger partial charge is 0.382 e. The fourth-order valence-corrected chi connectivity index (χ4v) is 1.51. The van der Waals surface area contributed by atoms with Gasteiger partial charge in [-0.25, -0.2) is 9.97 Å². The van der Waals surface area contributed by atoms with Crippen molar-refractivity contribution in [2.45, 2.75) is 21.3 Å². The Kier molecular flexibility index (Phi) is 30.1. The first-order chi connectivity index (χ1) is 12.0. The first kappa shape index (κ1) is 39.6. The van der Waals surface area contributed by atoms with Gasteiger partial charge in [0.1, 0.15) is 11.5 Å². The van der Waals surface area contributed by atoms with Crippen LogP contribution in [-0.2, 0) is 93.9 Å². The van der Waals surface area contributed by atoms with Crippen LogP contribution in [0.1, 0.15) is 31.8 Å². The van der Waals surface area contributed by atoms with Crippen LogP contribution in [0.3, 0.4) is 0 Å². The van der Waals surface area contributed by atoms with Gasteiger partial charge in [-0.2, -0.15) is 0 Å². The van der Waals surface area contributed by atoms with Gasteiger partial charge in [0.15, 0.2) is 11.4 Å². The van der Waals surface area contributed by atoms with Crippen LogP contribution in [0.5, 0.6) is 0 Å². The molecule has 3 aromatic heterocycles. The Morgan fingerprint density at radius 1 is 0.967 bits per heavy atom. The van der Waals surface area contributed by atoms with Crippen molar-refractivity contribution in [1.82, 2.24) is 24.3 Å². The van der Waals surface area contributed by atoms with E-state index in [1.54, 1.807) is 41.6 Å². The van der Waals surface area contributed by atoms with Crippen molar-refractivity contribution in [2.24, 2.45) is 0 Å². The first-order valence-electron chi connectivity index (χ1n) is 7.04. The normalized spacial score (nSPS) is 7.53. The Bertz CT molecular complexity index is 850. The molecule has 0 aromatic carbocycles. The van der Waals surface area contributed by atoms with E-state index in [1.807, 2.05) is 0 Å². The van der Waals surface area contributed by atoms with Gasteiger partial charge in [0.05, 0.1) is 18.6 Å². The summed E-state index contributed by atoms with van der Waals surface area (Å²) in [5, 5.41) is 0. The molecule has 30 heavy (non-hydrogen) atoms. The van der Waals surface area contributed by atoms with Gasteiger partial charge in [0.2, 0.25) is 0 Å². The molecule has 0 aliphatic rings. The number of aromatic nitrogens is 5. The molecule has 0 saturated heterocycles. The van der Waals surface area contributed by atoms with E-state index in [0.717, 1.165) is 6.42 Å². The number of Topliss-reactive ketones (excluding diaryl/α,β-unsaturated/α-hetero) is 2. The van der Waals surface area contributed by atoms with E-state index >= 15 is 0 Å². The number of ketones is 2. The van der Waals surface area contributed by atoms with Crippen molar-refractivity contribution < 1.29 is 98.6 Å². The minimum atomic E-state index is -0.204. The topological polar surface area (TPSA) is 133 Å². The maximum Gasteiger partial charge on any atom is 0.178 e. The van der Waals surface area contributed by atoms with Crippen molar-refractivity contribution in [1.29, 1.82) is 0 Å². The molecule has 0 bridgehead atoms. The zero-order valence-electron chi connectivity index (χ0n) is 15.4. The molecule has 162 valence electrons. The fraction of sp³-hybridized carbons (Fsp3) is 0.176. The van der Waals surface area contributed by atoms with Gasteiger partial charge in [-0.05, 0) is 13.2 Å². The van der Waals surface area contributed by atoms with E-state index in [4.69, 9.17) is 5.73 Å². The van der Waals surface area contributed by atoms with Gasteiger partial charge in [-0.3, -0.25) is 25.6 Å². The van der Waals surface area contributed by atoms with Crippen LogP contribution >= 0.6 is 0 Å². The second-order valence-corrected chi connectivity index (χ2v) is 4.55. The number of nitrogens with two attached hydrogens (primary N) is 1. The van der Waals surface area contributed by atoms with Crippen molar-refractivity contribution in [3.63, 3.8) is 0 Å². The Morgan fingerprint density at radius 2 is 1.57 bits per heavy atom. The number of rotatable bonds is 3. The van der Waals surface area contributed by atoms with Crippen molar-refractivity contribution in [3.8, 4) is 0 Å². The summed E-state index contributed by atoms with van der Waals surface area (Å²) in [6.45, 7) is 2.85. The van der Waals surface area contributed by atoms with Crippen LogP contribution in [0.4, 0.5) is 5.82 Å². The molecule has 0 spiro atoms. The van der Waals surface area contributed by atoms with Crippen LogP contribution < -0.4 is 5.73 Å². The van der Waals surface area contributed by atoms with E-state index in [9.17, 15) is 14.4 Å². The van der Waals surface area contributed by atoms with Crippen LogP contribution in [0.25, 0.3) is 5.65 Å². The SMILES string of the molecule is C.CC(=O)[CH-]C=O.CC(=O)c1cnc2cnccn12.Nc1cnccn1.[W].[W].[W].[W]. The van der Waals surface area contributed by atoms with Crippen LogP contribution in [0.2, 0.25) is 0 Å². The van der Waals surface area contributed by atoms with E-state index in [1.165, 1.54) is 20.0 Å². The third kappa shape index (κ3) is 15.9. The summed E-state index contributed by atoms with van der Waals surface area (Å²) in [4.78, 5) is 45.4. The quantitative estimate of drug-likeness (QED) is 0.181. The molecular weight excluding hydrogens is 1070 g/mol. The molecule has 13 heteroatoms. The molecular formula is C17H21N6O3W4-. The minimum absolute atomic E-state index is 0. The Hall–Kier alpha value is -0.867. The van der Waals surface area contributed by atoms with Gasteiger partial charge in [0, 0.05) is 122 Å². The number of nitrogen functional groups attached to an aromatic ring is 1.